The second kappa shape index (κ2) is 5.44. The molecule has 0 aromatic heterocycles. The van der Waals surface area contributed by atoms with Gasteiger partial charge in [-0.05, 0) is 33.6 Å². The van der Waals surface area contributed by atoms with Crippen molar-refractivity contribution in [1.29, 1.82) is 5.53 Å². The minimum absolute atomic E-state index is 0.0546. The summed E-state index contributed by atoms with van der Waals surface area (Å²) in [6, 6.07) is 0. The van der Waals surface area contributed by atoms with Crippen LogP contribution in [-0.4, -0.2) is 41.9 Å². The van der Waals surface area contributed by atoms with E-state index < -0.39 is 17.4 Å². The fourth-order valence-electron chi connectivity index (χ4n) is 1.86. The Morgan fingerprint density at radius 2 is 2.28 bits per heavy atom. The van der Waals surface area contributed by atoms with Crippen LogP contribution in [0.5, 0.6) is 0 Å². The molecule has 0 aromatic rings. The van der Waals surface area contributed by atoms with E-state index in [0.29, 0.717) is 19.4 Å². The number of ether oxygens (including phenoxy) is 1. The Morgan fingerprint density at radius 1 is 1.61 bits per heavy atom. The third-order valence-electron chi connectivity index (χ3n) is 2.60. The normalized spacial score (nSPS) is 24.3. The van der Waals surface area contributed by atoms with Crippen LogP contribution >= 0.6 is 0 Å². The average molecular weight is 259 g/mol. The predicted molar refractivity (Wildman–Crippen MR) is 63.0 cm³/mol. The van der Waals surface area contributed by atoms with Crippen LogP contribution < -0.4 is 4.91 Å². The molecule has 102 valence electrons. The van der Waals surface area contributed by atoms with Crippen LogP contribution in [0.4, 0.5) is 9.18 Å². The Labute approximate surface area is 106 Å². The number of halogens is 1. The van der Waals surface area contributed by atoms with Gasteiger partial charge in [-0.15, -0.1) is 0 Å². The van der Waals surface area contributed by atoms with Gasteiger partial charge in [0.15, 0.2) is 12.2 Å². The number of likely N-dealkylation sites (tertiary alicyclic amines) is 1. The molecule has 1 heterocycles. The van der Waals surface area contributed by atoms with E-state index in [1.807, 2.05) is 0 Å². The van der Waals surface area contributed by atoms with Crippen LogP contribution in [0, 0.1) is 5.53 Å². The number of carbonyl (C=O) groups excluding carboxylic acids is 1. The molecule has 18 heavy (non-hydrogen) atoms. The van der Waals surface area contributed by atoms with Crippen molar-refractivity contribution in [3.63, 3.8) is 0 Å². The van der Waals surface area contributed by atoms with Crippen molar-refractivity contribution in [2.75, 3.05) is 19.6 Å². The van der Waals surface area contributed by atoms with Crippen LogP contribution in [0.25, 0.3) is 0 Å². The van der Waals surface area contributed by atoms with Crippen molar-refractivity contribution < 1.29 is 13.9 Å². The van der Waals surface area contributed by atoms with Crippen molar-refractivity contribution in [3.05, 3.63) is 0 Å². The molecule has 0 aromatic carbocycles. The van der Waals surface area contributed by atoms with E-state index in [2.05, 4.69) is 10.0 Å². The Bertz CT molecular complexity index is 363. The number of piperidine rings is 1. The Hall–Kier alpha value is -1.49. The van der Waals surface area contributed by atoms with E-state index in [0.717, 1.165) is 0 Å². The summed E-state index contributed by atoms with van der Waals surface area (Å²) in [5, 5.41) is 3.37. The zero-order chi connectivity index (χ0) is 13.8. The molecule has 0 aliphatic carbocycles. The molecule has 1 fully saturated rings. The first kappa shape index (κ1) is 14.6. The van der Waals surface area contributed by atoms with Gasteiger partial charge in [-0.1, -0.05) is 0 Å². The highest BCUT2D eigenvalue weighted by molar-refractivity contribution is 5.68. The maximum atomic E-state index is 14.3. The fourth-order valence-corrected chi connectivity index (χ4v) is 1.86. The minimum Gasteiger partial charge on any atom is -0.444 e. The lowest BCUT2D eigenvalue weighted by Crippen LogP contribution is -2.50. The molecule has 0 radical (unpaired) electrons. The second-order valence-corrected chi connectivity index (χ2v) is 5.56. The van der Waals surface area contributed by atoms with Crippen molar-refractivity contribution in [2.45, 2.75) is 44.9 Å². The summed E-state index contributed by atoms with van der Waals surface area (Å²) >= 11 is 0. The molecule has 1 aliphatic heterocycles. The van der Waals surface area contributed by atoms with Crippen LogP contribution in [0.1, 0.15) is 33.6 Å². The fraction of sp³-hybridized carbons (Fsp3) is 0.909. The zero-order valence-electron chi connectivity index (χ0n) is 11.1. The second-order valence-electron chi connectivity index (χ2n) is 5.56. The highest BCUT2D eigenvalue weighted by Gasteiger charge is 2.40. The Morgan fingerprint density at radius 3 is 2.83 bits per heavy atom. The van der Waals surface area contributed by atoms with Gasteiger partial charge in [0.05, 0.1) is 6.54 Å². The maximum Gasteiger partial charge on any atom is 0.410 e. The van der Waals surface area contributed by atoms with Gasteiger partial charge in [0, 0.05) is 6.54 Å². The SMILES string of the molecule is CC(C)(C)OC(=O)N1CCC[C@@](F)(CN=[N+]=N)C1. The highest BCUT2D eigenvalue weighted by Crippen LogP contribution is 2.26. The number of nitrogens with one attached hydrogen (secondary N) is 1. The number of carbonyl (C=O) groups is 1. The first-order chi connectivity index (χ1) is 8.26. The molecule has 1 amide bonds. The van der Waals surface area contributed by atoms with Crippen molar-refractivity contribution >= 4 is 6.09 Å². The Kier molecular flexibility index (Phi) is 4.40. The number of nitrogens with zero attached hydrogens (tertiary/aromatic N) is 3. The lowest BCUT2D eigenvalue weighted by Gasteiger charge is -2.36. The van der Waals surface area contributed by atoms with Gasteiger partial charge in [-0.3, -0.25) is 0 Å². The van der Waals surface area contributed by atoms with Gasteiger partial charge in [0.25, 0.3) is 0 Å². The molecule has 1 atom stereocenters. The third-order valence-corrected chi connectivity index (χ3v) is 2.60. The van der Waals surface area contributed by atoms with Gasteiger partial charge in [0.2, 0.25) is 4.91 Å². The average Bonchev–Trinajstić information content (AvgIpc) is 2.24. The summed E-state index contributed by atoms with van der Waals surface area (Å²) in [7, 11) is 0. The van der Waals surface area contributed by atoms with E-state index in [4.69, 9.17) is 10.3 Å². The quantitative estimate of drug-likeness (QED) is 0.609. The van der Waals surface area contributed by atoms with E-state index >= 15 is 0 Å². The molecule has 1 aliphatic rings. The zero-order valence-corrected chi connectivity index (χ0v) is 11.1. The first-order valence-electron chi connectivity index (χ1n) is 5.96. The van der Waals surface area contributed by atoms with Gasteiger partial charge in [-0.2, -0.15) is 0 Å². The van der Waals surface area contributed by atoms with E-state index in [1.54, 1.807) is 20.8 Å². The lowest BCUT2D eigenvalue weighted by atomic mass is 9.95. The molecule has 1 N–H and O–H groups in total. The van der Waals surface area contributed by atoms with Crippen LogP contribution in [0.2, 0.25) is 0 Å². The molecule has 0 bridgehead atoms. The van der Waals surface area contributed by atoms with Gasteiger partial charge in [-0.25, -0.2) is 9.18 Å². The summed E-state index contributed by atoms with van der Waals surface area (Å²) in [5.74, 6) is 0. The monoisotopic (exact) mass is 259 g/mol. The van der Waals surface area contributed by atoms with Crippen molar-refractivity contribution in [1.82, 2.24) is 9.81 Å². The van der Waals surface area contributed by atoms with Gasteiger partial charge >= 0.3 is 6.09 Å². The predicted octanol–water partition coefficient (Wildman–Crippen LogP) is 2.28. The summed E-state index contributed by atoms with van der Waals surface area (Å²) in [4.78, 5) is 16.0. The largest absolute Gasteiger partial charge is 0.444 e. The topological polar surface area (TPSA) is 79.8 Å². The molecule has 0 saturated carbocycles. The molecule has 0 spiro atoms. The Balaban J connectivity index is 2.63. The first-order valence-corrected chi connectivity index (χ1v) is 5.96. The molecule has 1 rings (SSSR count). The van der Waals surface area contributed by atoms with E-state index in [1.165, 1.54) is 4.90 Å². The van der Waals surface area contributed by atoms with E-state index in [-0.39, 0.29) is 13.1 Å². The lowest BCUT2D eigenvalue weighted by molar-refractivity contribution is -0.00330. The number of hydrogen-bond acceptors (Lipinski definition) is 4. The maximum absolute atomic E-state index is 14.3. The summed E-state index contributed by atoms with van der Waals surface area (Å²) < 4.78 is 19.5. The van der Waals surface area contributed by atoms with Gasteiger partial charge in [0.1, 0.15) is 16.2 Å². The molecule has 7 heteroatoms. The van der Waals surface area contributed by atoms with Crippen LogP contribution in [0.15, 0.2) is 5.11 Å². The number of amides is 1. The van der Waals surface area contributed by atoms with E-state index in [9.17, 15) is 9.18 Å². The van der Waals surface area contributed by atoms with Gasteiger partial charge < -0.3 is 9.64 Å². The third kappa shape index (κ3) is 4.41. The standard InChI is InChI=1S/C11H20FN4O2/c1-10(2,3)18-9(17)16-6-4-5-11(12,8-16)7-14-15-13/h13H,4-8H2,1-3H3/q+1/t11-/m1/s1. The van der Waals surface area contributed by atoms with Crippen LogP contribution in [-0.2, 0) is 4.74 Å². The summed E-state index contributed by atoms with van der Waals surface area (Å²) in [5.41, 5.74) is 4.36. The highest BCUT2D eigenvalue weighted by atomic mass is 19.1. The molecule has 1 saturated heterocycles. The minimum atomic E-state index is -1.60. The number of alkyl halides is 1. The molecular formula is C11H20FN4O2+. The van der Waals surface area contributed by atoms with Crippen LogP contribution in [0.3, 0.4) is 0 Å². The smallest absolute Gasteiger partial charge is 0.410 e. The molecule has 6 nitrogen and oxygen atoms in total. The van der Waals surface area contributed by atoms with Crippen molar-refractivity contribution in [2.24, 2.45) is 5.11 Å². The van der Waals surface area contributed by atoms with Crippen molar-refractivity contribution in [3.8, 4) is 0 Å². The number of hydrogen-bond donors (Lipinski definition) is 1. The summed E-state index contributed by atoms with van der Waals surface area (Å²) in [6.45, 7) is 5.55. The molecular weight excluding hydrogens is 239 g/mol. The summed E-state index contributed by atoms with van der Waals surface area (Å²) in [6.07, 6.45) is 0.376. The number of rotatable bonds is 2. The molecule has 0 unspecified atom stereocenters.